The number of nitrogens with zero attached hydrogens (tertiary/aromatic N) is 3. The second kappa shape index (κ2) is 8.83. The van der Waals surface area contributed by atoms with Crippen LogP contribution in [0.3, 0.4) is 0 Å². The molecular weight excluding hydrogens is 384 g/mol. The van der Waals surface area contributed by atoms with Crippen LogP contribution in [0.25, 0.3) is 10.7 Å². The average molecular weight is 403 g/mol. The minimum Gasteiger partial charge on any atom is -0.453 e. The summed E-state index contributed by atoms with van der Waals surface area (Å²) in [6.45, 7) is 2.28. The third-order valence-electron chi connectivity index (χ3n) is 3.70. The van der Waals surface area contributed by atoms with Crippen LogP contribution in [0, 0.1) is 0 Å². The van der Waals surface area contributed by atoms with Crippen molar-refractivity contribution in [1.29, 1.82) is 0 Å². The van der Waals surface area contributed by atoms with Crippen molar-refractivity contribution in [3.05, 3.63) is 53.4 Å². The molecule has 0 fully saturated rings. The number of amides is 2. The van der Waals surface area contributed by atoms with Gasteiger partial charge in [0.05, 0.1) is 23.8 Å². The number of imide groups is 1. The first-order valence-corrected chi connectivity index (χ1v) is 9.91. The fourth-order valence-electron chi connectivity index (χ4n) is 2.34. The van der Waals surface area contributed by atoms with E-state index in [1.54, 1.807) is 18.3 Å². The molecule has 9 heteroatoms. The fraction of sp³-hybridized carbons (Fsp3) is 0.222. The molecule has 140 valence electrons. The highest BCUT2D eigenvalue weighted by Crippen LogP contribution is 2.30. The number of hydrogen-bond acceptors (Lipinski definition) is 7. The topological polar surface area (TPSA) is 86.1 Å². The van der Waals surface area contributed by atoms with Crippen molar-refractivity contribution < 1.29 is 14.3 Å². The maximum Gasteiger partial charge on any atom is 0.413 e. The summed E-state index contributed by atoms with van der Waals surface area (Å²) in [6.07, 6.45) is -0.780. The molecule has 0 saturated carbocycles. The molecule has 1 N–H and O–H groups in total. The van der Waals surface area contributed by atoms with E-state index in [1.807, 2.05) is 52.4 Å². The van der Waals surface area contributed by atoms with Gasteiger partial charge in [0.15, 0.2) is 11.0 Å². The Labute approximate surface area is 164 Å². The van der Waals surface area contributed by atoms with Gasteiger partial charge in [-0.2, -0.15) is 0 Å². The van der Waals surface area contributed by atoms with Crippen molar-refractivity contribution in [1.82, 2.24) is 20.1 Å². The number of ether oxygens (including phenoxy) is 1. The lowest BCUT2D eigenvalue weighted by atomic mass is 10.2. The normalized spacial score (nSPS) is 11.8. The van der Waals surface area contributed by atoms with Gasteiger partial charge in [-0.15, -0.1) is 21.5 Å². The molecule has 0 aliphatic heterocycles. The van der Waals surface area contributed by atoms with Crippen LogP contribution in [0.15, 0.2) is 53.0 Å². The summed E-state index contributed by atoms with van der Waals surface area (Å²) in [4.78, 5) is 24.4. The number of methoxy groups -OCH3 is 1. The highest BCUT2D eigenvalue weighted by Gasteiger charge is 2.22. The lowest BCUT2D eigenvalue weighted by Crippen LogP contribution is -2.36. The third-order valence-corrected chi connectivity index (χ3v) is 5.65. The standard InChI is InChI=1S/C18H18N4O3S2/c1-12(16(23)19-18(24)25-2)27-17-21-20-15(14-9-6-10-26-14)22(17)11-13-7-4-3-5-8-13/h3-10,12H,11H2,1-2H3,(H,19,23,24)/t12-/m1/s1. The van der Waals surface area contributed by atoms with Crippen molar-refractivity contribution in [3.63, 3.8) is 0 Å². The van der Waals surface area contributed by atoms with E-state index in [2.05, 4.69) is 20.3 Å². The Hall–Kier alpha value is -2.65. The van der Waals surface area contributed by atoms with Crippen molar-refractivity contribution in [3.8, 4) is 10.7 Å². The zero-order chi connectivity index (χ0) is 19.2. The molecule has 0 unspecified atom stereocenters. The van der Waals surface area contributed by atoms with Gasteiger partial charge in [-0.1, -0.05) is 48.2 Å². The first-order chi connectivity index (χ1) is 13.1. The van der Waals surface area contributed by atoms with Gasteiger partial charge in [0.25, 0.3) is 0 Å². The molecule has 0 bridgehead atoms. The predicted molar refractivity (Wildman–Crippen MR) is 105 cm³/mol. The number of alkyl carbamates (subject to hydrolysis) is 1. The summed E-state index contributed by atoms with van der Waals surface area (Å²) < 4.78 is 6.45. The number of benzene rings is 1. The number of rotatable bonds is 6. The molecule has 1 aromatic carbocycles. The van der Waals surface area contributed by atoms with Gasteiger partial charge in [-0.25, -0.2) is 4.79 Å². The van der Waals surface area contributed by atoms with E-state index in [0.29, 0.717) is 11.7 Å². The van der Waals surface area contributed by atoms with Crippen LogP contribution in [0.5, 0.6) is 0 Å². The minimum atomic E-state index is -0.780. The largest absolute Gasteiger partial charge is 0.453 e. The Bertz CT molecular complexity index is 910. The van der Waals surface area contributed by atoms with E-state index >= 15 is 0 Å². The zero-order valence-corrected chi connectivity index (χ0v) is 16.4. The van der Waals surface area contributed by atoms with E-state index in [0.717, 1.165) is 16.3 Å². The van der Waals surface area contributed by atoms with Crippen molar-refractivity contribution in [2.45, 2.75) is 23.9 Å². The summed E-state index contributed by atoms with van der Waals surface area (Å²) >= 11 is 2.82. The molecule has 2 heterocycles. The van der Waals surface area contributed by atoms with Crippen LogP contribution in [-0.2, 0) is 16.1 Å². The summed E-state index contributed by atoms with van der Waals surface area (Å²) in [5.74, 6) is 0.302. The maximum absolute atomic E-state index is 12.1. The molecule has 27 heavy (non-hydrogen) atoms. The van der Waals surface area contributed by atoms with Crippen LogP contribution in [0.2, 0.25) is 0 Å². The minimum absolute atomic E-state index is 0.446. The van der Waals surface area contributed by atoms with Crippen molar-refractivity contribution >= 4 is 35.1 Å². The van der Waals surface area contributed by atoms with Crippen LogP contribution in [0.4, 0.5) is 4.79 Å². The summed E-state index contributed by atoms with van der Waals surface area (Å²) in [5.41, 5.74) is 1.10. The van der Waals surface area contributed by atoms with E-state index in [-0.39, 0.29) is 0 Å². The zero-order valence-electron chi connectivity index (χ0n) is 14.8. The summed E-state index contributed by atoms with van der Waals surface area (Å²) in [5, 5.41) is 12.8. The summed E-state index contributed by atoms with van der Waals surface area (Å²) in [7, 11) is 1.21. The number of carbonyl (C=O) groups excluding carboxylic acids is 2. The first kappa shape index (κ1) is 19.1. The van der Waals surface area contributed by atoms with Gasteiger partial charge >= 0.3 is 6.09 Å². The first-order valence-electron chi connectivity index (χ1n) is 8.15. The van der Waals surface area contributed by atoms with E-state index in [9.17, 15) is 9.59 Å². The van der Waals surface area contributed by atoms with Crippen molar-refractivity contribution in [2.75, 3.05) is 7.11 Å². The smallest absolute Gasteiger partial charge is 0.413 e. The Morgan fingerprint density at radius 2 is 2.00 bits per heavy atom. The van der Waals surface area contributed by atoms with Crippen LogP contribution in [-0.4, -0.2) is 39.1 Å². The van der Waals surface area contributed by atoms with Gasteiger partial charge in [-0.3, -0.25) is 14.7 Å². The lowest BCUT2D eigenvalue weighted by molar-refractivity contribution is -0.119. The summed E-state index contributed by atoms with van der Waals surface area (Å²) in [6, 6.07) is 13.9. The fourth-order valence-corrected chi connectivity index (χ4v) is 3.90. The van der Waals surface area contributed by atoms with Crippen LogP contribution >= 0.6 is 23.1 Å². The highest BCUT2D eigenvalue weighted by molar-refractivity contribution is 8.00. The molecule has 2 aromatic heterocycles. The maximum atomic E-state index is 12.1. The Kier molecular flexibility index (Phi) is 6.25. The molecule has 2 amide bonds. The van der Waals surface area contributed by atoms with E-state index in [1.165, 1.54) is 18.9 Å². The molecule has 0 aliphatic carbocycles. The molecular formula is C18H18N4O3S2. The second-order valence-corrected chi connectivity index (χ2v) is 7.85. The highest BCUT2D eigenvalue weighted by atomic mass is 32.2. The van der Waals surface area contributed by atoms with E-state index in [4.69, 9.17) is 0 Å². The number of thioether (sulfide) groups is 1. The van der Waals surface area contributed by atoms with Gasteiger partial charge in [0, 0.05) is 0 Å². The Morgan fingerprint density at radius 3 is 2.67 bits per heavy atom. The molecule has 0 radical (unpaired) electrons. The molecule has 7 nitrogen and oxygen atoms in total. The number of hydrogen-bond donors (Lipinski definition) is 1. The number of carbonyl (C=O) groups is 2. The third kappa shape index (κ3) is 4.75. The number of aromatic nitrogens is 3. The van der Waals surface area contributed by atoms with Gasteiger partial charge in [0.2, 0.25) is 5.91 Å². The molecule has 3 aromatic rings. The Morgan fingerprint density at radius 1 is 1.22 bits per heavy atom. The Balaban J connectivity index is 1.86. The second-order valence-electron chi connectivity index (χ2n) is 5.60. The lowest BCUT2D eigenvalue weighted by Gasteiger charge is -2.13. The molecule has 0 aliphatic rings. The molecule has 3 rings (SSSR count). The van der Waals surface area contributed by atoms with E-state index < -0.39 is 17.3 Å². The molecule has 0 saturated heterocycles. The van der Waals surface area contributed by atoms with Crippen molar-refractivity contribution in [2.24, 2.45) is 0 Å². The van der Waals surface area contributed by atoms with Gasteiger partial charge in [-0.05, 0) is 23.9 Å². The number of thiophene rings is 1. The SMILES string of the molecule is COC(=O)NC(=O)[C@@H](C)Sc1nnc(-c2cccs2)n1Cc1ccccc1. The quantitative estimate of drug-likeness (QED) is 0.636. The molecule has 1 atom stereocenters. The number of nitrogens with one attached hydrogen (secondary N) is 1. The van der Waals surface area contributed by atoms with Crippen LogP contribution < -0.4 is 5.32 Å². The predicted octanol–water partition coefficient (Wildman–Crippen LogP) is 3.42. The monoisotopic (exact) mass is 402 g/mol. The molecule has 0 spiro atoms. The van der Waals surface area contributed by atoms with Gasteiger partial charge in [0.1, 0.15) is 0 Å². The van der Waals surface area contributed by atoms with Crippen LogP contribution in [0.1, 0.15) is 12.5 Å². The van der Waals surface area contributed by atoms with Gasteiger partial charge < -0.3 is 4.74 Å². The average Bonchev–Trinajstić information content (AvgIpc) is 3.33.